The minimum absolute atomic E-state index is 0. The average molecular weight is 812 g/mol. The quantitative estimate of drug-likeness (QED) is 0.0510. The summed E-state index contributed by atoms with van der Waals surface area (Å²) in [6.07, 6.45) is 2.04. The second-order valence-electron chi connectivity index (χ2n) is 11.1. The molecule has 4 amide bonds. The van der Waals surface area contributed by atoms with Crippen LogP contribution in [-0.4, -0.2) is 101 Å². The van der Waals surface area contributed by atoms with Crippen LogP contribution in [0.25, 0.3) is 0 Å². The maximum atomic E-state index is 14.0. The summed E-state index contributed by atoms with van der Waals surface area (Å²) in [5, 5.41) is 29.7. The first kappa shape index (κ1) is 39.7. The first-order valence-corrected chi connectivity index (χ1v) is 19.4. The first-order valence-electron chi connectivity index (χ1n) is 14.6. The molecule has 53 heavy (non-hydrogen) atoms. The number of amides is 4. The number of aromatic amines is 1. The minimum atomic E-state index is -3.45. The largest absolute Gasteiger partial charge is 1.00 e. The second kappa shape index (κ2) is 15.8. The molecule has 2 aliphatic heterocycles. The van der Waals surface area contributed by atoms with Crippen LogP contribution in [0.15, 0.2) is 62.0 Å². The van der Waals surface area contributed by atoms with Gasteiger partial charge < -0.3 is 32.0 Å². The molecule has 3 atom stereocenters. The fraction of sp³-hybridized carbons (Fsp3) is 0.259. The van der Waals surface area contributed by atoms with E-state index < -0.39 is 62.4 Å². The Balaban J connectivity index is 0.00000541. The van der Waals surface area contributed by atoms with Gasteiger partial charge in [0.2, 0.25) is 17.0 Å². The van der Waals surface area contributed by atoms with Crippen LogP contribution in [-0.2, 0) is 31.3 Å². The smallest absolute Gasteiger partial charge is 0.543 e. The van der Waals surface area contributed by atoms with Gasteiger partial charge in [0.25, 0.3) is 11.5 Å². The predicted molar refractivity (Wildman–Crippen MR) is 186 cm³/mol. The number of fused-ring (bicyclic) bond motifs is 1. The summed E-state index contributed by atoms with van der Waals surface area (Å²) in [4.78, 5) is 78.3. The van der Waals surface area contributed by atoms with E-state index in [0.717, 1.165) is 28.7 Å². The van der Waals surface area contributed by atoms with Crippen molar-refractivity contribution in [1.29, 1.82) is 0 Å². The van der Waals surface area contributed by atoms with Crippen molar-refractivity contribution < 1.29 is 62.3 Å². The van der Waals surface area contributed by atoms with Crippen molar-refractivity contribution >= 4 is 91.0 Å². The fourth-order valence-corrected chi connectivity index (χ4v) is 8.80. The number of carbonyl (C=O) groups is 4. The molecule has 1 unspecified atom stereocenters. The van der Waals surface area contributed by atoms with Crippen molar-refractivity contribution in [2.75, 3.05) is 33.7 Å². The van der Waals surface area contributed by atoms with Crippen molar-refractivity contribution in [3.05, 3.63) is 63.2 Å². The number of benzene rings is 1. The van der Waals surface area contributed by atoms with Gasteiger partial charge in [-0.2, -0.15) is 0 Å². The molecule has 2 aliphatic rings. The molecule has 1 aromatic carbocycles. The Morgan fingerprint density at radius 2 is 1.94 bits per heavy atom. The number of H-pyrrole nitrogens is 1. The van der Waals surface area contributed by atoms with Gasteiger partial charge in [-0.1, -0.05) is 11.8 Å². The molecule has 26 heteroatoms. The van der Waals surface area contributed by atoms with Gasteiger partial charge in [-0.15, -0.1) is 28.2 Å². The van der Waals surface area contributed by atoms with E-state index in [1.165, 1.54) is 57.9 Å². The Morgan fingerprint density at radius 1 is 1.23 bits per heavy atom. The molecule has 0 aliphatic carbocycles. The molecule has 0 bridgehead atoms. The van der Waals surface area contributed by atoms with Gasteiger partial charge in [0.15, 0.2) is 21.0 Å². The van der Waals surface area contributed by atoms with Gasteiger partial charge in [-0.3, -0.25) is 29.2 Å². The fourth-order valence-electron chi connectivity index (χ4n) is 5.25. The molecule has 272 valence electrons. The molecule has 3 aromatic heterocycles. The number of rotatable bonds is 12. The Bertz CT molecular complexity index is 2300. The maximum Gasteiger partial charge on any atom is 1.00 e. The van der Waals surface area contributed by atoms with Crippen molar-refractivity contribution in [3.63, 3.8) is 0 Å². The van der Waals surface area contributed by atoms with E-state index in [0.29, 0.717) is 21.3 Å². The zero-order valence-corrected chi connectivity index (χ0v) is 33.0. The van der Waals surface area contributed by atoms with Gasteiger partial charge in [-0.05, 0) is 40.3 Å². The number of aromatic nitrogens is 7. The topological polar surface area (TPSA) is 310 Å². The third-order valence-corrected chi connectivity index (χ3v) is 11.9. The summed E-state index contributed by atoms with van der Waals surface area (Å²) < 4.78 is 24.9. The summed E-state index contributed by atoms with van der Waals surface area (Å²) in [5.74, 6) is -3.10. The number of urea groups is 1. The number of carbonyl (C=O) groups excluding carboxylic acids is 4. The molecular formula is C27H26N13NaO8S4. The van der Waals surface area contributed by atoms with Gasteiger partial charge in [0.1, 0.15) is 17.1 Å². The van der Waals surface area contributed by atoms with E-state index in [1.807, 2.05) is 0 Å². The second-order valence-corrected chi connectivity index (χ2v) is 16.1. The van der Waals surface area contributed by atoms with Crippen LogP contribution in [0.3, 0.4) is 0 Å². The van der Waals surface area contributed by atoms with Crippen molar-refractivity contribution in [1.82, 2.24) is 45.4 Å². The van der Waals surface area contributed by atoms with Gasteiger partial charge >= 0.3 is 35.6 Å². The van der Waals surface area contributed by atoms with Crippen molar-refractivity contribution in [2.45, 2.75) is 27.5 Å². The number of aliphatic carboxylic acids is 1. The number of nitrogen functional groups attached to an aromatic ring is 1. The van der Waals surface area contributed by atoms with Crippen LogP contribution < -0.4 is 67.2 Å². The summed E-state index contributed by atoms with van der Waals surface area (Å²) in [5.41, 5.74) is 10.5. The predicted octanol–water partition coefficient (Wildman–Crippen LogP) is -4.69. The number of carboxylic acid groups (broad SMARTS) is 1. The van der Waals surface area contributed by atoms with Crippen LogP contribution in [0.4, 0.5) is 27.2 Å². The van der Waals surface area contributed by atoms with Crippen LogP contribution in [0, 0.1) is 0 Å². The van der Waals surface area contributed by atoms with E-state index in [2.05, 4.69) is 41.1 Å². The third kappa shape index (κ3) is 8.19. The third-order valence-electron chi connectivity index (χ3n) is 7.64. The number of hydrogen-bond acceptors (Lipinski definition) is 18. The molecule has 21 nitrogen and oxygen atoms in total. The standard InChI is InChI=1S/C27H27N13O8S4.Na/c1-38-27(35-36-37-38)51-9-11-8-49-22-16(21(43)40(22)17(11)23(44)45)33-20(42)18(14-10-50-24(28)32-14)39(25(29)46)15-7-30-26(34-19(15)41)31-12-3-5-13(6-4-12)52(2,47)48;/h3-7,10,16,18,22H,8-9H2,1-2H3,(H2,28,32)(H2,29,46)(H,33,42)(H,44,45)(H2,30,31,34,41);/q;+1/p-1/t16-,18?,22+;/m1./s1. The SMILES string of the molecule is Cn1nnnc1SCC1=C(C(=O)[O-])N2C(=O)[C@@H](NC(=O)C(c3csc(N)n3)N(C(N)=O)c3cnc(Nc4ccc(S(C)(=O)=O)cc4)[nH]c3=O)[C@@H]2SC1.[Na+]. The number of sulfone groups is 1. The molecule has 0 spiro atoms. The number of nitrogens with two attached hydrogens (primary N) is 2. The number of aryl methyl sites for hydroxylation is 1. The van der Waals surface area contributed by atoms with Gasteiger partial charge in [0, 0.05) is 35.9 Å². The van der Waals surface area contributed by atoms with Crippen LogP contribution >= 0.6 is 34.9 Å². The van der Waals surface area contributed by atoms with E-state index >= 15 is 0 Å². The number of hydrogen-bond donors (Lipinski definition) is 5. The number of anilines is 4. The number of β-lactam (4-membered cyclic amide) rings is 1. The summed E-state index contributed by atoms with van der Waals surface area (Å²) in [7, 11) is -1.83. The Hall–Kier alpha value is -4.53. The normalized spacial score (nSPS) is 17.2. The molecule has 0 saturated carbocycles. The van der Waals surface area contributed by atoms with Crippen LogP contribution in [0.1, 0.15) is 11.7 Å². The number of nitrogens with zero attached hydrogens (tertiary/aromatic N) is 8. The Labute approximate surface area is 333 Å². The molecule has 7 N–H and O–H groups in total. The van der Waals surface area contributed by atoms with Crippen molar-refractivity contribution in [2.24, 2.45) is 12.8 Å². The van der Waals surface area contributed by atoms with E-state index in [1.54, 1.807) is 7.05 Å². The summed E-state index contributed by atoms with van der Waals surface area (Å²) in [6, 6.07) is 1.38. The number of primary amides is 1. The number of nitrogens with one attached hydrogen (secondary N) is 3. The summed E-state index contributed by atoms with van der Waals surface area (Å²) >= 11 is 3.30. The van der Waals surface area contributed by atoms with E-state index in [9.17, 15) is 37.5 Å². The molecule has 1 fully saturated rings. The molecule has 5 heterocycles. The first-order chi connectivity index (χ1) is 24.6. The van der Waals surface area contributed by atoms with E-state index in [4.69, 9.17) is 11.5 Å². The molecule has 1 saturated heterocycles. The van der Waals surface area contributed by atoms with Gasteiger partial charge in [-0.25, -0.2) is 27.9 Å². The monoisotopic (exact) mass is 811 g/mol. The zero-order chi connectivity index (χ0) is 37.5. The number of thiazole rings is 1. The Morgan fingerprint density at radius 3 is 2.51 bits per heavy atom. The zero-order valence-electron chi connectivity index (χ0n) is 27.7. The average Bonchev–Trinajstić information content (AvgIpc) is 3.71. The summed E-state index contributed by atoms with van der Waals surface area (Å²) in [6.45, 7) is 0. The number of thioether (sulfide) groups is 2. The molecule has 0 radical (unpaired) electrons. The van der Waals surface area contributed by atoms with Crippen LogP contribution in [0.5, 0.6) is 0 Å². The Kier molecular flexibility index (Phi) is 11.8. The van der Waals surface area contributed by atoms with Crippen LogP contribution in [0.2, 0.25) is 0 Å². The van der Waals surface area contributed by atoms with Crippen molar-refractivity contribution in [3.8, 4) is 0 Å². The van der Waals surface area contributed by atoms with E-state index in [-0.39, 0.29) is 68.4 Å². The minimum Gasteiger partial charge on any atom is -0.543 e. The maximum absolute atomic E-state index is 14.0. The molecular weight excluding hydrogens is 786 g/mol. The number of tetrazole rings is 1. The molecule has 4 aromatic rings. The number of carboxylic acids is 1. The molecule has 6 rings (SSSR count). The van der Waals surface area contributed by atoms with Gasteiger partial charge in [0.05, 0.1) is 28.5 Å².